The van der Waals surface area contributed by atoms with Crippen LogP contribution in [0.25, 0.3) is 0 Å². The fourth-order valence-electron chi connectivity index (χ4n) is 1.47. The summed E-state index contributed by atoms with van der Waals surface area (Å²) in [6.45, 7) is 6.74. The Kier molecular flexibility index (Phi) is 5.42. The van der Waals surface area contributed by atoms with Gasteiger partial charge in [-0.15, -0.1) is 11.8 Å². The van der Waals surface area contributed by atoms with Gasteiger partial charge in [0.1, 0.15) is 5.75 Å². The second kappa shape index (κ2) is 6.60. The molecule has 1 unspecified atom stereocenters. The maximum absolute atomic E-state index is 5.48. The van der Waals surface area contributed by atoms with Crippen LogP contribution in [0.15, 0.2) is 22.7 Å². The predicted molar refractivity (Wildman–Crippen MR) is 71.8 cm³/mol. The van der Waals surface area contributed by atoms with Crippen molar-refractivity contribution in [1.29, 1.82) is 0 Å². The number of halogens is 1. The van der Waals surface area contributed by atoms with Crippen molar-refractivity contribution in [2.45, 2.75) is 33.1 Å². The lowest BCUT2D eigenvalue weighted by Crippen LogP contribution is -1.96. The maximum Gasteiger partial charge on any atom is 0.133 e. The highest BCUT2D eigenvalue weighted by Gasteiger charge is 2.07. The van der Waals surface area contributed by atoms with Gasteiger partial charge in [0, 0.05) is 6.42 Å². The SMILES string of the molecule is CC#CCC(C)c1ccc(OCC)c(Br)c1. The second-order valence-electron chi connectivity index (χ2n) is 3.65. The molecule has 0 saturated heterocycles. The van der Waals surface area contributed by atoms with E-state index in [0.717, 1.165) is 16.6 Å². The van der Waals surface area contributed by atoms with Crippen LogP contribution in [0.5, 0.6) is 5.75 Å². The van der Waals surface area contributed by atoms with Gasteiger partial charge in [-0.05, 0) is 53.4 Å². The average Bonchev–Trinajstić information content (AvgIpc) is 2.29. The van der Waals surface area contributed by atoms with E-state index in [-0.39, 0.29) is 0 Å². The van der Waals surface area contributed by atoms with E-state index in [1.807, 2.05) is 19.9 Å². The number of hydrogen-bond acceptors (Lipinski definition) is 1. The Balaban J connectivity index is 2.82. The van der Waals surface area contributed by atoms with Gasteiger partial charge in [0.25, 0.3) is 0 Å². The quantitative estimate of drug-likeness (QED) is 0.745. The Labute approximate surface area is 106 Å². The lowest BCUT2D eigenvalue weighted by molar-refractivity contribution is 0.338. The van der Waals surface area contributed by atoms with Crippen LogP contribution in [0, 0.1) is 11.8 Å². The van der Waals surface area contributed by atoms with E-state index in [1.165, 1.54) is 5.56 Å². The van der Waals surface area contributed by atoms with E-state index in [1.54, 1.807) is 0 Å². The van der Waals surface area contributed by atoms with E-state index in [9.17, 15) is 0 Å². The summed E-state index contributed by atoms with van der Waals surface area (Å²) in [4.78, 5) is 0. The zero-order chi connectivity index (χ0) is 12.0. The fourth-order valence-corrected chi connectivity index (χ4v) is 1.98. The largest absolute Gasteiger partial charge is 0.493 e. The smallest absolute Gasteiger partial charge is 0.133 e. The molecule has 0 fully saturated rings. The zero-order valence-electron chi connectivity index (χ0n) is 10.0. The molecule has 0 aliphatic heterocycles. The summed E-state index contributed by atoms with van der Waals surface area (Å²) in [5.41, 5.74) is 1.29. The van der Waals surface area contributed by atoms with Gasteiger partial charge in [-0.2, -0.15) is 0 Å². The standard InChI is InChI=1S/C14H17BrO/c1-4-6-7-11(3)12-8-9-14(16-5-2)13(15)10-12/h8-11H,5,7H2,1-3H3. The normalized spacial score (nSPS) is 11.5. The van der Waals surface area contributed by atoms with Crippen LogP contribution in [0.1, 0.15) is 38.7 Å². The van der Waals surface area contributed by atoms with Gasteiger partial charge < -0.3 is 4.74 Å². The Morgan fingerprint density at radius 3 is 2.75 bits per heavy atom. The first-order valence-corrected chi connectivity index (χ1v) is 6.30. The topological polar surface area (TPSA) is 9.23 Å². The van der Waals surface area contributed by atoms with Crippen molar-refractivity contribution in [3.63, 3.8) is 0 Å². The Morgan fingerprint density at radius 1 is 1.44 bits per heavy atom. The minimum Gasteiger partial charge on any atom is -0.493 e. The molecular weight excluding hydrogens is 264 g/mol. The van der Waals surface area contributed by atoms with Crippen molar-refractivity contribution in [2.75, 3.05) is 6.61 Å². The van der Waals surface area contributed by atoms with Crippen molar-refractivity contribution >= 4 is 15.9 Å². The van der Waals surface area contributed by atoms with Crippen molar-refractivity contribution in [1.82, 2.24) is 0 Å². The van der Waals surface area contributed by atoms with Crippen LogP contribution in [-0.4, -0.2) is 6.61 Å². The van der Waals surface area contributed by atoms with E-state index >= 15 is 0 Å². The third-order valence-electron chi connectivity index (χ3n) is 2.41. The molecule has 0 heterocycles. The highest BCUT2D eigenvalue weighted by atomic mass is 79.9. The summed E-state index contributed by atoms with van der Waals surface area (Å²) in [5, 5.41) is 0. The van der Waals surface area contributed by atoms with Gasteiger partial charge in [0.15, 0.2) is 0 Å². The molecule has 0 N–H and O–H groups in total. The molecule has 1 aromatic carbocycles. The summed E-state index contributed by atoms with van der Waals surface area (Å²) in [6, 6.07) is 6.24. The maximum atomic E-state index is 5.48. The average molecular weight is 281 g/mol. The Bertz CT molecular complexity index is 401. The minimum absolute atomic E-state index is 0.458. The van der Waals surface area contributed by atoms with Gasteiger partial charge in [-0.1, -0.05) is 13.0 Å². The number of ether oxygens (including phenoxy) is 1. The van der Waals surface area contributed by atoms with Crippen LogP contribution in [-0.2, 0) is 0 Å². The molecule has 1 aromatic rings. The van der Waals surface area contributed by atoms with E-state index in [2.05, 4.69) is 46.8 Å². The molecule has 0 amide bonds. The summed E-state index contributed by atoms with van der Waals surface area (Å²) in [6.07, 6.45) is 0.900. The highest BCUT2D eigenvalue weighted by Crippen LogP contribution is 2.29. The summed E-state index contributed by atoms with van der Waals surface area (Å²) in [7, 11) is 0. The summed E-state index contributed by atoms with van der Waals surface area (Å²) >= 11 is 3.52. The molecule has 0 radical (unpaired) electrons. The van der Waals surface area contributed by atoms with Crippen LogP contribution >= 0.6 is 15.9 Å². The van der Waals surface area contributed by atoms with Crippen LogP contribution < -0.4 is 4.74 Å². The minimum atomic E-state index is 0.458. The highest BCUT2D eigenvalue weighted by molar-refractivity contribution is 9.10. The van der Waals surface area contributed by atoms with Crippen LogP contribution in [0.3, 0.4) is 0 Å². The number of benzene rings is 1. The molecule has 0 aromatic heterocycles. The van der Waals surface area contributed by atoms with Crippen molar-refractivity contribution in [2.24, 2.45) is 0 Å². The van der Waals surface area contributed by atoms with Crippen molar-refractivity contribution in [3.8, 4) is 17.6 Å². The number of rotatable bonds is 4. The molecule has 0 bridgehead atoms. The molecule has 1 rings (SSSR count). The zero-order valence-corrected chi connectivity index (χ0v) is 11.6. The van der Waals surface area contributed by atoms with Gasteiger partial charge in [0.05, 0.1) is 11.1 Å². The predicted octanol–water partition coefficient (Wildman–Crippen LogP) is 4.36. The Hall–Kier alpha value is -0.940. The van der Waals surface area contributed by atoms with E-state index in [0.29, 0.717) is 12.5 Å². The fraction of sp³-hybridized carbons (Fsp3) is 0.429. The lowest BCUT2D eigenvalue weighted by atomic mass is 9.98. The number of hydrogen-bond donors (Lipinski definition) is 0. The molecule has 1 nitrogen and oxygen atoms in total. The van der Waals surface area contributed by atoms with Gasteiger partial charge in [-0.25, -0.2) is 0 Å². The van der Waals surface area contributed by atoms with E-state index in [4.69, 9.17) is 4.74 Å². The van der Waals surface area contributed by atoms with E-state index < -0.39 is 0 Å². The molecule has 0 spiro atoms. The van der Waals surface area contributed by atoms with Gasteiger partial charge in [-0.3, -0.25) is 0 Å². The molecule has 2 heteroatoms. The molecular formula is C14H17BrO. The molecule has 0 aliphatic rings. The molecule has 86 valence electrons. The first kappa shape index (κ1) is 13.1. The molecule has 1 atom stereocenters. The van der Waals surface area contributed by atoms with Crippen LogP contribution in [0.2, 0.25) is 0 Å². The Morgan fingerprint density at radius 2 is 2.19 bits per heavy atom. The molecule has 0 saturated carbocycles. The third kappa shape index (κ3) is 3.57. The van der Waals surface area contributed by atoms with Gasteiger partial charge in [0.2, 0.25) is 0 Å². The first-order chi connectivity index (χ1) is 7.69. The third-order valence-corrected chi connectivity index (χ3v) is 3.03. The molecule has 0 aliphatic carbocycles. The molecule has 16 heavy (non-hydrogen) atoms. The van der Waals surface area contributed by atoms with Crippen LogP contribution in [0.4, 0.5) is 0 Å². The van der Waals surface area contributed by atoms with Crippen molar-refractivity contribution < 1.29 is 4.74 Å². The monoisotopic (exact) mass is 280 g/mol. The summed E-state index contributed by atoms with van der Waals surface area (Å²) < 4.78 is 6.49. The lowest BCUT2D eigenvalue weighted by Gasteiger charge is -2.11. The van der Waals surface area contributed by atoms with Crippen molar-refractivity contribution in [3.05, 3.63) is 28.2 Å². The first-order valence-electron chi connectivity index (χ1n) is 5.50. The second-order valence-corrected chi connectivity index (χ2v) is 4.51. The summed E-state index contributed by atoms with van der Waals surface area (Å²) in [5.74, 6) is 7.40. The van der Waals surface area contributed by atoms with Gasteiger partial charge >= 0.3 is 0 Å².